The summed E-state index contributed by atoms with van der Waals surface area (Å²) in [4.78, 5) is 14.8. The van der Waals surface area contributed by atoms with Gasteiger partial charge in [0.2, 0.25) is 15.9 Å². The van der Waals surface area contributed by atoms with Crippen molar-refractivity contribution >= 4 is 21.6 Å². The maximum absolute atomic E-state index is 12.8. The molecule has 0 bridgehead atoms. The van der Waals surface area contributed by atoms with Gasteiger partial charge in [0.15, 0.2) is 0 Å². The van der Waals surface area contributed by atoms with Gasteiger partial charge in [0.25, 0.3) is 0 Å². The fourth-order valence-corrected chi connectivity index (χ4v) is 5.14. The van der Waals surface area contributed by atoms with E-state index in [-0.39, 0.29) is 10.8 Å². The van der Waals surface area contributed by atoms with Gasteiger partial charge in [-0.3, -0.25) is 9.69 Å². The Labute approximate surface area is 157 Å². The van der Waals surface area contributed by atoms with Gasteiger partial charge in [0, 0.05) is 24.8 Å². The first kappa shape index (κ1) is 20.9. The average molecular weight is 382 g/mol. The number of piperidine rings is 1. The monoisotopic (exact) mass is 381 g/mol. The number of hydrogen-bond donors (Lipinski definition) is 1. The van der Waals surface area contributed by atoms with Crippen molar-refractivity contribution in [1.29, 1.82) is 0 Å². The number of aryl methyl sites for hydroxylation is 1. The molecule has 1 aliphatic heterocycles. The van der Waals surface area contributed by atoms with Gasteiger partial charge in [-0.2, -0.15) is 4.31 Å². The Hall–Kier alpha value is -1.44. The Kier molecular flexibility index (Phi) is 7.20. The molecule has 1 aromatic carbocycles. The number of rotatable bonds is 7. The molecule has 0 spiro atoms. The minimum atomic E-state index is -3.55. The van der Waals surface area contributed by atoms with Crippen molar-refractivity contribution < 1.29 is 13.2 Å². The predicted octanol–water partition coefficient (Wildman–Crippen LogP) is 2.84. The molecule has 1 fully saturated rings. The predicted molar refractivity (Wildman–Crippen MR) is 105 cm³/mol. The number of likely N-dealkylation sites (tertiary alicyclic amines) is 1. The molecule has 0 saturated carbocycles. The molecule has 6 nitrogen and oxygen atoms in total. The molecule has 0 aromatic heterocycles. The van der Waals surface area contributed by atoms with Crippen LogP contribution in [0.25, 0.3) is 0 Å². The molecule has 1 unspecified atom stereocenters. The second kappa shape index (κ2) is 8.97. The van der Waals surface area contributed by atoms with Crippen LogP contribution in [0.15, 0.2) is 23.1 Å². The summed E-state index contributed by atoms with van der Waals surface area (Å²) < 4.78 is 27.1. The summed E-state index contributed by atoms with van der Waals surface area (Å²) in [6, 6.07) is 5.48. The quantitative estimate of drug-likeness (QED) is 0.788. The molecule has 1 saturated heterocycles. The molecule has 146 valence electrons. The van der Waals surface area contributed by atoms with Crippen LogP contribution in [-0.2, 0) is 14.8 Å². The lowest BCUT2D eigenvalue weighted by Crippen LogP contribution is -2.42. The number of sulfonamides is 1. The molecule has 0 aliphatic carbocycles. The van der Waals surface area contributed by atoms with Gasteiger partial charge in [-0.05, 0) is 50.9 Å². The molecule has 1 heterocycles. The van der Waals surface area contributed by atoms with E-state index in [1.165, 1.54) is 10.7 Å². The molecular formula is C19H31N3O3S. The molecule has 1 aromatic rings. The molecule has 7 heteroatoms. The van der Waals surface area contributed by atoms with Crippen molar-refractivity contribution in [3.8, 4) is 0 Å². The Bertz CT molecular complexity index is 730. The lowest BCUT2D eigenvalue weighted by molar-refractivity contribution is -0.118. The minimum absolute atomic E-state index is 0.103. The first-order valence-electron chi connectivity index (χ1n) is 9.44. The highest BCUT2D eigenvalue weighted by atomic mass is 32.2. The molecule has 1 amide bonds. The Morgan fingerprint density at radius 3 is 2.58 bits per heavy atom. The standard InChI is InChI=1S/C19H31N3O3S/c1-5-22(6-2)26(24,25)18-13-17(11-10-15(18)3)20-19(23)14-21-12-8-7-9-16(21)4/h10-11,13,16H,5-9,12,14H2,1-4H3,(H,20,23). The van der Waals surface area contributed by atoms with E-state index >= 15 is 0 Å². The van der Waals surface area contributed by atoms with Crippen LogP contribution in [0.3, 0.4) is 0 Å². The van der Waals surface area contributed by atoms with Crippen LogP contribution in [0.5, 0.6) is 0 Å². The fraction of sp³-hybridized carbons (Fsp3) is 0.632. The van der Waals surface area contributed by atoms with Gasteiger partial charge >= 0.3 is 0 Å². The van der Waals surface area contributed by atoms with E-state index in [4.69, 9.17) is 0 Å². The van der Waals surface area contributed by atoms with E-state index in [1.54, 1.807) is 25.1 Å². The second-order valence-electron chi connectivity index (χ2n) is 6.93. The smallest absolute Gasteiger partial charge is 0.243 e. The van der Waals surface area contributed by atoms with Crippen molar-refractivity contribution in [3.63, 3.8) is 0 Å². The van der Waals surface area contributed by atoms with Gasteiger partial charge in [-0.1, -0.05) is 26.3 Å². The zero-order chi connectivity index (χ0) is 19.3. The molecule has 26 heavy (non-hydrogen) atoms. The Morgan fingerprint density at radius 2 is 1.96 bits per heavy atom. The lowest BCUT2D eigenvalue weighted by Gasteiger charge is -2.32. The molecule has 2 rings (SSSR count). The van der Waals surface area contributed by atoms with Crippen molar-refractivity contribution in [2.45, 2.75) is 57.9 Å². The largest absolute Gasteiger partial charge is 0.325 e. The lowest BCUT2D eigenvalue weighted by atomic mass is 10.0. The van der Waals surface area contributed by atoms with E-state index in [0.29, 0.717) is 36.9 Å². The topological polar surface area (TPSA) is 69.7 Å². The van der Waals surface area contributed by atoms with Gasteiger partial charge in [0.05, 0.1) is 11.4 Å². The summed E-state index contributed by atoms with van der Waals surface area (Å²) >= 11 is 0. The second-order valence-corrected chi connectivity index (χ2v) is 8.84. The SMILES string of the molecule is CCN(CC)S(=O)(=O)c1cc(NC(=O)CN2CCCCC2C)ccc1C. The maximum Gasteiger partial charge on any atom is 0.243 e. The Morgan fingerprint density at radius 1 is 1.27 bits per heavy atom. The number of carbonyl (C=O) groups excluding carboxylic acids is 1. The maximum atomic E-state index is 12.8. The molecule has 1 aliphatic rings. The van der Waals surface area contributed by atoms with Crippen molar-refractivity contribution in [2.24, 2.45) is 0 Å². The number of amides is 1. The number of carbonyl (C=O) groups is 1. The van der Waals surface area contributed by atoms with E-state index in [1.807, 2.05) is 13.8 Å². The van der Waals surface area contributed by atoms with Crippen LogP contribution in [0.4, 0.5) is 5.69 Å². The molecule has 1 N–H and O–H groups in total. The van der Waals surface area contributed by atoms with Crippen molar-refractivity contribution in [1.82, 2.24) is 9.21 Å². The van der Waals surface area contributed by atoms with Crippen LogP contribution < -0.4 is 5.32 Å². The number of hydrogen-bond acceptors (Lipinski definition) is 4. The third kappa shape index (κ3) is 4.84. The fourth-order valence-electron chi connectivity index (χ4n) is 3.44. The van der Waals surface area contributed by atoms with Gasteiger partial charge in [-0.15, -0.1) is 0 Å². The summed E-state index contributed by atoms with van der Waals surface area (Å²) in [5, 5.41) is 2.86. The normalized spacial score (nSPS) is 18.9. The van der Waals surface area contributed by atoms with E-state index in [0.717, 1.165) is 19.4 Å². The summed E-state index contributed by atoms with van der Waals surface area (Å²) in [7, 11) is -3.55. The number of benzene rings is 1. The highest BCUT2D eigenvalue weighted by Crippen LogP contribution is 2.24. The van der Waals surface area contributed by atoms with Crippen molar-refractivity contribution in [2.75, 3.05) is 31.5 Å². The third-order valence-electron chi connectivity index (χ3n) is 5.08. The first-order chi connectivity index (χ1) is 12.3. The van der Waals surface area contributed by atoms with Crippen LogP contribution >= 0.6 is 0 Å². The zero-order valence-electron chi connectivity index (χ0n) is 16.3. The summed E-state index contributed by atoms with van der Waals surface area (Å²) in [5.74, 6) is -0.103. The third-order valence-corrected chi connectivity index (χ3v) is 7.27. The highest BCUT2D eigenvalue weighted by molar-refractivity contribution is 7.89. The van der Waals surface area contributed by atoms with Crippen LogP contribution in [-0.4, -0.2) is 55.8 Å². The first-order valence-corrected chi connectivity index (χ1v) is 10.9. The zero-order valence-corrected chi connectivity index (χ0v) is 17.1. The van der Waals surface area contributed by atoms with E-state index in [9.17, 15) is 13.2 Å². The summed E-state index contributed by atoms with van der Waals surface area (Å²) in [5.41, 5.74) is 1.20. The molecular weight excluding hydrogens is 350 g/mol. The summed E-state index contributed by atoms with van der Waals surface area (Å²) in [6.45, 7) is 9.68. The Balaban J connectivity index is 2.15. The molecule has 0 radical (unpaired) electrons. The highest BCUT2D eigenvalue weighted by Gasteiger charge is 2.25. The minimum Gasteiger partial charge on any atom is -0.325 e. The number of nitrogens with zero attached hydrogens (tertiary/aromatic N) is 2. The number of anilines is 1. The molecule has 1 atom stereocenters. The number of nitrogens with one attached hydrogen (secondary N) is 1. The van der Waals surface area contributed by atoms with Gasteiger partial charge in [0.1, 0.15) is 0 Å². The van der Waals surface area contributed by atoms with Crippen molar-refractivity contribution in [3.05, 3.63) is 23.8 Å². The van der Waals surface area contributed by atoms with Crippen LogP contribution in [0, 0.1) is 6.92 Å². The van der Waals surface area contributed by atoms with E-state index in [2.05, 4.69) is 17.1 Å². The summed E-state index contributed by atoms with van der Waals surface area (Å²) in [6.07, 6.45) is 3.45. The van der Waals surface area contributed by atoms with Gasteiger partial charge < -0.3 is 5.32 Å². The average Bonchev–Trinajstić information content (AvgIpc) is 2.59. The van der Waals surface area contributed by atoms with Gasteiger partial charge in [-0.25, -0.2) is 8.42 Å². The van der Waals surface area contributed by atoms with Crippen LogP contribution in [0.1, 0.15) is 45.6 Å². The van der Waals surface area contributed by atoms with Crippen LogP contribution in [0.2, 0.25) is 0 Å². The van der Waals surface area contributed by atoms with E-state index < -0.39 is 10.0 Å².